The molecule has 1 N–H and O–H groups in total. The van der Waals surface area contributed by atoms with E-state index in [1.165, 1.54) is 5.56 Å². The van der Waals surface area contributed by atoms with Crippen LogP contribution >= 0.6 is 0 Å². The third-order valence-electron chi connectivity index (χ3n) is 6.33. The van der Waals surface area contributed by atoms with Gasteiger partial charge in [-0.15, -0.1) is 0 Å². The van der Waals surface area contributed by atoms with E-state index in [4.69, 9.17) is 0 Å². The molecule has 4 aromatic rings. The summed E-state index contributed by atoms with van der Waals surface area (Å²) in [6, 6.07) is 26.9. The van der Waals surface area contributed by atoms with Crippen LogP contribution in [0.2, 0.25) is 0 Å². The SMILES string of the molecule is CCN(C(=O)N1CCN(Cc2cnc[nH]2)c2ccc(-c3ccccc3)cc2C1)c1ccccc1. The number of carbonyl (C=O) groups is 1. The van der Waals surface area contributed by atoms with Crippen molar-refractivity contribution in [2.45, 2.75) is 20.0 Å². The highest BCUT2D eigenvalue weighted by atomic mass is 16.2. The molecule has 0 radical (unpaired) electrons. The Morgan fingerprint density at radius 1 is 0.971 bits per heavy atom. The van der Waals surface area contributed by atoms with Crippen LogP contribution < -0.4 is 9.80 Å². The first kappa shape index (κ1) is 21.8. The van der Waals surface area contributed by atoms with E-state index in [2.05, 4.69) is 57.3 Å². The van der Waals surface area contributed by atoms with Crippen LogP contribution in [0.25, 0.3) is 11.1 Å². The molecule has 1 aliphatic rings. The number of imidazole rings is 1. The Bertz CT molecular complexity index is 1220. The summed E-state index contributed by atoms with van der Waals surface area (Å²) in [6.07, 6.45) is 3.57. The van der Waals surface area contributed by atoms with E-state index < -0.39 is 0 Å². The molecule has 0 aliphatic carbocycles. The van der Waals surface area contributed by atoms with Crippen molar-refractivity contribution in [2.75, 3.05) is 29.4 Å². The highest BCUT2D eigenvalue weighted by Crippen LogP contribution is 2.32. The molecular formula is C28H29N5O. The number of aromatic nitrogens is 2. The second kappa shape index (κ2) is 9.83. The Kier molecular flexibility index (Phi) is 6.29. The molecule has 172 valence electrons. The molecule has 1 aliphatic heterocycles. The molecule has 0 fully saturated rings. The van der Waals surface area contributed by atoms with E-state index in [9.17, 15) is 4.79 Å². The maximum Gasteiger partial charge on any atom is 0.324 e. The molecule has 34 heavy (non-hydrogen) atoms. The maximum absolute atomic E-state index is 13.7. The van der Waals surface area contributed by atoms with Crippen molar-refractivity contribution >= 4 is 17.4 Å². The zero-order chi connectivity index (χ0) is 23.3. The zero-order valence-corrected chi connectivity index (χ0v) is 19.4. The summed E-state index contributed by atoms with van der Waals surface area (Å²) in [5.74, 6) is 0. The fourth-order valence-corrected chi connectivity index (χ4v) is 4.59. The summed E-state index contributed by atoms with van der Waals surface area (Å²) < 4.78 is 0. The highest BCUT2D eigenvalue weighted by Gasteiger charge is 2.27. The number of nitrogens with zero attached hydrogens (tertiary/aromatic N) is 4. The molecule has 0 unspecified atom stereocenters. The summed E-state index contributed by atoms with van der Waals surface area (Å²) in [6.45, 7) is 5.32. The average Bonchev–Trinajstić information content (AvgIpc) is 3.33. The average molecular weight is 452 g/mol. The van der Waals surface area contributed by atoms with Crippen LogP contribution in [0.1, 0.15) is 18.2 Å². The quantitative estimate of drug-likeness (QED) is 0.433. The molecular weight excluding hydrogens is 422 g/mol. The molecule has 1 aromatic heterocycles. The molecule has 0 atom stereocenters. The number of amides is 2. The number of hydrogen-bond acceptors (Lipinski definition) is 3. The van der Waals surface area contributed by atoms with E-state index >= 15 is 0 Å². The smallest absolute Gasteiger partial charge is 0.324 e. The van der Waals surface area contributed by atoms with E-state index in [1.807, 2.05) is 59.3 Å². The number of nitrogens with one attached hydrogen (secondary N) is 1. The van der Waals surface area contributed by atoms with Gasteiger partial charge in [0.15, 0.2) is 0 Å². The highest BCUT2D eigenvalue weighted by molar-refractivity contribution is 5.92. The second-order valence-electron chi connectivity index (χ2n) is 8.49. The molecule has 3 aromatic carbocycles. The molecule has 2 heterocycles. The third-order valence-corrected chi connectivity index (χ3v) is 6.33. The number of rotatable bonds is 5. The minimum atomic E-state index is 0.0353. The Morgan fingerprint density at radius 2 is 1.74 bits per heavy atom. The topological polar surface area (TPSA) is 55.5 Å². The van der Waals surface area contributed by atoms with Crippen molar-refractivity contribution in [1.82, 2.24) is 14.9 Å². The predicted octanol–water partition coefficient (Wildman–Crippen LogP) is 5.55. The molecule has 2 amide bonds. The first-order valence-electron chi connectivity index (χ1n) is 11.7. The number of carbonyl (C=O) groups excluding carboxylic acids is 1. The monoisotopic (exact) mass is 451 g/mol. The van der Waals surface area contributed by atoms with Gasteiger partial charge in [-0.1, -0.05) is 54.6 Å². The van der Waals surface area contributed by atoms with Crippen LogP contribution in [0.4, 0.5) is 16.2 Å². The molecule has 0 saturated heterocycles. The van der Waals surface area contributed by atoms with Crippen LogP contribution in [0.15, 0.2) is 91.4 Å². The predicted molar refractivity (Wildman–Crippen MR) is 137 cm³/mol. The number of anilines is 2. The van der Waals surface area contributed by atoms with E-state index in [-0.39, 0.29) is 6.03 Å². The van der Waals surface area contributed by atoms with Gasteiger partial charge in [0, 0.05) is 43.8 Å². The number of fused-ring (bicyclic) bond motifs is 1. The lowest BCUT2D eigenvalue weighted by atomic mass is 10.0. The third kappa shape index (κ3) is 4.53. The number of H-pyrrole nitrogens is 1. The van der Waals surface area contributed by atoms with Gasteiger partial charge >= 0.3 is 6.03 Å². The number of aromatic amines is 1. The van der Waals surface area contributed by atoms with Gasteiger partial charge in [0.2, 0.25) is 0 Å². The van der Waals surface area contributed by atoms with Crippen molar-refractivity contribution < 1.29 is 4.79 Å². The lowest BCUT2D eigenvalue weighted by Gasteiger charge is -2.29. The zero-order valence-electron chi connectivity index (χ0n) is 19.4. The number of hydrogen-bond donors (Lipinski definition) is 1. The summed E-state index contributed by atoms with van der Waals surface area (Å²) in [7, 11) is 0. The van der Waals surface area contributed by atoms with Crippen LogP contribution in [0.3, 0.4) is 0 Å². The van der Waals surface area contributed by atoms with Crippen LogP contribution in [-0.2, 0) is 13.1 Å². The lowest BCUT2D eigenvalue weighted by molar-refractivity contribution is 0.204. The summed E-state index contributed by atoms with van der Waals surface area (Å²) in [5.41, 5.74) is 6.62. The van der Waals surface area contributed by atoms with Gasteiger partial charge in [0.05, 0.1) is 18.6 Å². The standard InChI is InChI=1S/C28H29N5O/c1-2-33(26-11-7-4-8-12-26)28(34)32-16-15-31(20-25-18-29-21-30-25)27-14-13-23(17-24(27)19-32)22-9-5-3-6-10-22/h3-14,17-18,21H,2,15-16,19-20H2,1H3,(H,29,30). The molecule has 5 rings (SSSR count). The first-order chi connectivity index (χ1) is 16.7. The minimum absolute atomic E-state index is 0.0353. The summed E-state index contributed by atoms with van der Waals surface area (Å²) >= 11 is 0. The summed E-state index contributed by atoms with van der Waals surface area (Å²) in [5, 5.41) is 0. The Hall–Kier alpha value is -4.06. The molecule has 0 spiro atoms. The van der Waals surface area contributed by atoms with Crippen LogP contribution in [0, 0.1) is 0 Å². The number of benzene rings is 3. The molecule has 6 heteroatoms. The molecule has 0 saturated carbocycles. The number of para-hydroxylation sites is 1. The second-order valence-corrected chi connectivity index (χ2v) is 8.49. The van der Waals surface area contributed by atoms with Crippen molar-refractivity contribution in [2.24, 2.45) is 0 Å². The van der Waals surface area contributed by atoms with E-state index in [1.54, 1.807) is 6.33 Å². The van der Waals surface area contributed by atoms with Gasteiger partial charge in [0.25, 0.3) is 0 Å². The van der Waals surface area contributed by atoms with Crippen molar-refractivity contribution in [3.8, 4) is 11.1 Å². The van der Waals surface area contributed by atoms with Gasteiger partial charge in [-0.25, -0.2) is 9.78 Å². The fourth-order valence-electron chi connectivity index (χ4n) is 4.59. The maximum atomic E-state index is 13.7. The Labute approximate surface area is 200 Å². The van der Waals surface area contributed by atoms with Gasteiger partial charge in [-0.2, -0.15) is 0 Å². The molecule has 0 bridgehead atoms. The van der Waals surface area contributed by atoms with Crippen molar-refractivity contribution in [3.05, 3.63) is 103 Å². The Balaban J connectivity index is 1.49. The summed E-state index contributed by atoms with van der Waals surface area (Å²) in [4.78, 5) is 27.2. The minimum Gasteiger partial charge on any atom is -0.364 e. The van der Waals surface area contributed by atoms with E-state index in [0.29, 0.717) is 19.6 Å². The van der Waals surface area contributed by atoms with Crippen molar-refractivity contribution in [3.63, 3.8) is 0 Å². The first-order valence-corrected chi connectivity index (χ1v) is 11.7. The fraction of sp³-hybridized carbons (Fsp3) is 0.214. The van der Waals surface area contributed by atoms with Crippen LogP contribution in [0.5, 0.6) is 0 Å². The number of urea groups is 1. The lowest BCUT2D eigenvalue weighted by Crippen LogP contribution is -2.44. The van der Waals surface area contributed by atoms with Gasteiger partial charge in [-0.05, 0) is 47.9 Å². The van der Waals surface area contributed by atoms with Crippen molar-refractivity contribution in [1.29, 1.82) is 0 Å². The normalized spacial score (nSPS) is 13.3. The Morgan fingerprint density at radius 3 is 2.44 bits per heavy atom. The van der Waals surface area contributed by atoms with Gasteiger partial charge in [0.1, 0.15) is 0 Å². The molecule has 6 nitrogen and oxygen atoms in total. The largest absolute Gasteiger partial charge is 0.364 e. The van der Waals surface area contributed by atoms with Gasteiger partial charge in [-0.3, -0.25) is 4.90 Å². The van der Waals surface area contributed by atoms with Gasteiger partial charge < -0.3 is 14.8 Å². The van der Waals surface area contributed by atoms with E-state index in [0.717, 1.165) is 41.3 Å². The van der Waals surface area contributed by atoms with Crippen LogP contribution in [-0.4, -0.2) is 40.5 Å².